The van der Waals surface area contributed by atoms with Gasteiger partial charge in [0.15, 0.2) is 0 Å². The van der Waals surface area contributed by atoms with Crippen molar-refractivity contribution in [1.29, 1.82) is 0 Å². The Labute approximate surface area is 155 Å². The number of quaternary nitrogens is 1. The summed E-state index contributed by atoms with van der Waals surface area (Å²) in [5.41, 5.74) is 0.318. The van der Waals surface area contributed by atoms with Crippen LogP contribution in [0.5, 0.6) is 0 Å². The number of carbonyl (C=O) groups excluding carboxylic acids is 2. The largest absolute Gasteiger partial charge is 0.334 e. The van der Waals surface area contributed by atoms with Crippen molar-refractivity contribution in [3.05, 3.63) is 35.9 Å². The lowest BCUT2D eigenvalue weighted by molar-refractivity contribution is -0.883. The van der Waals surface area contributed by atoms with Crippen molar-refractivity contribution >= 4 is 11.9 Å². The Balaban J connectivity index is 1.63. The van der Waals surface area contributed by atoms with Gasteiger partial charge in [0, 0.05) is 6.54 Å². The standard InChI is InChI=1S/C20H30N4O2/c1-23-12-14-24(15-13-23)18(25)20(10-6-3-7-11-20)22-19(26)21-16-17-8-4-2-5-9-17/h2,4-5,8-9H,3,6-7,10-16H2,1H3,(H2,21,22,26)/p+1. The van der Waals surface area contributed by atoms with E-state index in [1.165, 1.54) is 4.90 Å². The highest BCUT2D eigenvalue weighted by Crippen LogP contribution is 2.30. The van der Waals surface area contributed by atoms with E-state index >= 15 is 0 Å². The summed E-state index contributed by atoms with van der Waals surface area (Å²) in [6.45, 7) is 3.97. The average Bonchev–Trinajstić information content (AvgIpc) is 2.68. The number of piperazine rings is 1. The first-order chi connectivity index (χ1) is 12.6. The van der Waals surface area contributed by atoms with Crippen molar-refractivity contribution in [3.8, 4) is 0 Å². The zero-order chi connectivity index (χ0) is 18.4. The number of hydrogen-bond acceptors (Lipinski definition) is 2. The van der Waals surface area contributed by atoms with Gasteiger partial charge in [-0.2, -0.15) is 0 Å². The van der Waals surface area contributed by atoms with Gasteiger partial charge in [-0.3, -0.25) is 4.79 Å². The van der Waals surface area contributed by atoms with Gasteiger partial charge in [-0.1, -0.05) is 49.6 Å². The van der Waals surface area contributed by atoms with E-state index in [4.69, 9.17) is 0 Å². The summed E-state index contributed by atoms with van der Waals surface area (Å²) in [6.07, 6.45) is 4.59. The molecule has 3 rings (SSSR count). The Morgan fingerprint density at radius 2 is 1.73 bits per heavy atom. The third-order valence-electron chi connectivity index (χ3n) is 5.67. The highest BCUT2D eigenvalue weighted by Gasteiger charge is 2.44. The SMILES string of the molecule is C[NH+]1CCN(C(=O)C2(NC(=O)NCc3ccccc3)CCCCC2)CC1. The summed E-state index contributed by atoms with van der Waals surface area (Å²) in [4.78, 5) is 29.2. The monoisotopic (exact) mass is 359 g/mol. The normalized spacial score (nSPS) is 20.4. The molecule has 3 N–H and O–H groups in total. The molecule has 142 valence electrons. The van der Waals surface area contributed by atoms with Crippen LogP contribution in [0.1, 0.15) is 37.7 Å². The van der Waals surface area contributed by atoms with Crippen LogP contribution in [0.15, 0.2) is 30.3 Å². The fourth-order valence-corrected chi connectivity index (χ4v) is 3.98. The van der Waals surface area contributed by atoms with Gasteiger partial charge in [-0.05, 0) is 18.4 Å². The highest BCUT2D eigenvalue weighted by atomic mass is 16.2. The van der Waals surface area contributed by atoms with E-state index in [1.807, 2.05) is 35.2 Å². The van der Waals surface area contributed by atoms with Crippen molar-refractivity contribution in [2.24, 2.45) is 0 Å². The molecule has 1 saturated carbocycles. The van der Waals surface area contributed by atoms with Crippen molar-refractivity contribution in [1.82, 2.24) is 15.5 Å². The number of likely N-dealkylation sites (N-methyl/N-ethyl adjacent to an activating group) is 1. The van der Waals surface area contributed by atoms with Gasteiger partial charge >= 0.3 is 6.03 Å². The number of amides is 3. The molecule has 0 bridgehead atoms. The molecule has 0 atom stereocenters. The fraction of sp³-hybridized carbons (Fsp3) is 0.600. The first-order valence-electron chi connectivity index (χ1n) is 9.80. The van der Waals surface area contributed by atoms with Crippen molar-refractivity contribution < 1.29 is 14.5 Å². The second kappa shape index (κ2) is 8.54. The molecular formula is C20H31N4O2+. The van der Waals surface area contributed by atoms with Gasteiger partial charge in [0.25, 0.3) is 0 Å². The average molecular weight is 359 g/mol. The maximum absolute atomic E-state index is 13.3. The Kier molecular flexibility index (Phi) is 6.14. The minimum atomic E-state index is -0.732. The molecule has 6 heteroatoms. The molecule has 0 unspecified atom stereocenters. The van der Waals surface area contributed by atoms with Crippen LogP contribution in [0.3, 0.4) is 0 Å². The van der Waals surface area contributed by atoms with Gasteiger partial charge in [0.1, 0.15) is 5.54 Å². The second-order valence-electron chi connectivity index (χ2n) is 7.69. The molecule has 6 nitrogen and oxygen atoms in total. The van der Waals surface area contributed by atoms with Crippen LogP contribution in [-0.4, -0.2) is 55.6 Å². The number of rotatable bonds is 4. The Morgan fingerprint density at radius 1 is 1.08 bits per heavy atom. The Bertz CT molecular complexity index is 605. The van der Waals surface area contributed by atoms with Crippen LogP contribution in [0.25, 0.3) is 0 Å². The van der Waals surface area contributed by atoms with Crippen LogP contribution in [0.4, 0.5) is 4.79 Å². The molecular weight excluding hydrogens is 328 g/mol. The topological polar surface area (TPSA) is 65.9 Å². The molecule has 0 spiro atoms. The summed E-state index contributed by atoms with van der Waals surface area (Å²) < 4.78 is 0. The van der Waals surface area contributed by atoms with E-state index < -0.39 is 5.54 Å². The van der Waals surface area contributed by atoms with Crippen LogP contribution >= 0.6 is 0 Å². The quantitative estimate of drug-likeness (QED) is 0.735. The van der Waals surface area contributed by atoms with Crippen LogP contribution < -0.4 is 15.5 Å². The number of nitrogens with one attached hydrogen (secondary N) is 3. The van der Waals surface area contributed by atoms with E-state index in [9.17, 15) is 9.59 Å². The Hall–Kier alpha value is -2.08. The molecule has 0 radical (unpaired) electrons. The molecule has 1 aromatic rings. The predicted octanol–water partition coefficient (Wildman–Crippen LogP) is 0.546. The third-order valence-corrected chi connectivity index (χ3v) is 5.67. The van der Waals surface area contributed by atoms with E-state index in [1.54, 1.807) is 0 Å². The lowest BCUT2D eigenvalue weighted by Gasteiger charge is -2.41. The molecule has 1 heterocycles. The molecule has 1 aromatic carbocycles. The maximum Gasteiger partial charge on any atom is 0.315 e. The van der Waals surface area contributed by atoms with E-state index in [-0.39, 0.29) is 11.9 Å². The number of benzene rings is 1. The van der Waals surface area contributed by atoms with Gasteiger partial charge in [-0.25, -0.2) is 4.79 Å². The molecule has 1 saturated heterocycles. The number of carbonyl (C=O) groups is 2. The van der Waals surface area contributed by atoms with Crippen molar-refractivity contribution in [3.63, 3.8) is 0 Å². The number of nitrogens with zero attached hydrogens (tertiary/aromatic N) is 1. The highest BCUT2D eigenvalue weighted by molar-refractivity contribution is 5.91. The fourth-order valence-electron chi connectivity index (χ4n) is 3.98. The first kappa shape index (κ1) is 18.7. The van der Waals surface area contributed by atoms with Gasteiger partial charge in [0.05, 0.1) is 33.2 Å². The van der Waals surface area contributed by atoms with Crippen molar-refractivity contribution in [2.45, 2.75) is 44.2 Å². The number of hydrogen-bond donors (Lipinski definition) is 3. The maximum atomic E-state index is 13.3. The molecule has 1 aliphatic carbocycles. The molecule has 0 aromatic heterocycles. The summed E-state index contributed by atoms with van der Waals surface area (Å²) >= 11 is 0. The summed E-state index contributed by atoms with van der Waals surface area (Å²) in [6, 6.07) is 9.58. The van der Waals surface area contributed by atoms with E-state index in [2.05, 4.69) is 17.7 Å². The van der Waals surface area contributed by atoms with Crippen molar-refractivity contribution in [2.75, 3.05) is 33.2 Å². The molecule has 2 fully saturated rings. The molecule has 26 heavy (non-hydrogen) atoms. The lowest BCUT2D eigenvalue weighted by atomic mass is 9.80. The number of urea groups is 1. The first-order valence-corrected chi connectivity index (χ1v) is 9.80. The minimum absolute atomic E-state index is 0.111. The molecule has 2 aliphatic rings. The molecule has 3 amide bonds. The van der Waals surface area contributed by atoms with E-state index in [0.717, 1.165) is 63.8 Å². The summed E-state index contributed by atoms with van der Waals surface area (Å²) in [5.74, 6) is 0.111. The molecule has 1 aliphatic heterocycles. The Morgan fingerprint density at radius 3 is 2.38 bits per heavy atom. The zero-order valence-electron chi connectivity index (χ0n) is 15.7. The minimum Gasteiger partial charge on any atom is -0.334 e. The van der Waals surface area contributed by atoms with Crippen LogP contribution in [-0.2, 0) is 11.3 Å². The second-order valence-corrected chi connectivity index (χ2v) is 7.69. The lowest BCUT2D eigenvalue weighted by Crippen LogP contribution is -3.12. The predicted molar refractivity (Wildman–Crippen MR) is 101 cm³/mol. The third kappa shape index (κ3) is 4.55. The summed E-state index contributed by atoms with van der Waals surface area (Å²) in [7, 11) is 2.16. The van der Waals surface area contributed by atoms with E-state index in [0.29, 0.717) is 6.54 Å². The van der Waals surface area contributed by atoms with Gasteiger partial charge < -0.3 is 20.4 Å². The van der Waals surface area contributed by atoms with Gasteiger partial charge in [-0.15, -0.1) is 0 Å². The smallest absolute Gasteiger partial charge is 0.315 e. The van der Waals surface area contributed by atoms with Crippen LogP contribution in [0, 0.1) is 0 Å². The van der Waals surface area contributed by atoms with Gasteiger partial charge in [0.2, 0.25) is 5.91 Å². The zero-order valence-corrected chi connectivity index (χ0v) is 15.7. The van der Waals surface area contributed by atoms with Crippen LogP contribution in [0.2, 0.25) is 0 Å². The summed E-state index contributed by atoms with van der Waals surface area (Å²) in [5, 5.41) is 5.97.